The summed E-state index contributed by atoms with van der Waals surface area (Å²) in [5.74, 6) is 0.947. The van der Waals surface area contributed by atoms with Gasteiger partial charge in [-0.2, -0.15) is 0 Å². The fraction of sp³-hybridized carbons (Fsp3) is 0.345. The van der Waals surface area contributed by atoms with Gasteiger partial charge in [0.25, 0.3) is 0 Å². The van der Waals surface area contributed by atoms with Crippen LogP contribution in [0.3, 0.4) is 0 Å². The monoisotopic (exact) mass is 566 g/mol. The highest BCUT2D eigenvalue weighted by molar-refractivity contribution is 6.35. The molecule has 39 heavy (non-hydrogen) atoms. The van der Waals surface area contributed by atoms with E-state index < -0.39 is 5.97 Å². The Bertz CT molecular complexity index is 1520. The molecule has 0 saturated carbocycles. The number of aromatic nitrogens is 3. The summed E-state index contributed by atoms with van der Waals surface area (Å²) in [6.07, 6.45) is 4.00. The Morgan fingerprint density at radius 1 is 1.13 bits per heavy atom. The number of likely N-dealkylation sites (tertiary alicyclic amines) is 1. The van der Waals surface area contributed by atoms with E-state index in [1.54, 1.807) is 36.4 Å². The van der Waals surface area contributed by atoms with Crippen LogP contribution in [0.5, 0.6) is 5.75 Å². The standard InChI is InChI=1S/C29H28Cl2N4O4/c30-21-2-4-27(24(31)13-21)39-17-22-11-18(5-8-32-22)20-6-9-34(14-20)16-28-33-25-3-1-19(29(36)37)12-26(25)35(28)15-23-7-10-38-23/h1-5,8,11-13,20,23H,6-7,9-10,14-17H2,(H,36,37)/t20?,23-/m0/s1. The summed E-state index contributed by atoms with van der Waals surface area (Å²) >= 11 is 12.2. The molecule has 202 valence electrons. The van der Waals surface area contributed by atoms with E-state index in [9.17, 15) is 9.90 Å². The van der Waals surface area contributed by atoms with Crippen molar-refractivity contribution in [2.45, 2.75) is 44.6 Å². The van der Waals surface area contributed by atoms with Crippen molar-refractivity contribution in [3.63, 3.8) is 0 Å². The zero-order chi connectivity index (χ0) is 26.9. The number of carbonyl (C=O) groups is 1. The Kier molecular flexibility index (Phi) is 7.44. The third-order valence-corrected chi connectivity index (χ3v) is 8.00. The van der Waals surface area contributed by atoms with Crippen molar-refractivity contribution in [1.82, 2.24) is 19.4 Å². The minimum Gasteiger partial charge on any atom is -0.486 e. The molecular formula is C29H28Cl2N4O4. The van der Waals surface area contributed by atoms with Crippen LogP contribution in [0.25, 0.3) is 11.0 Å². The predicted octanol–water partition coefficient (Wildman–Crippen LogP) is 5.79. The Labute approximate surface area is 236 Å². The summed E-state index contributed by atoms with van der Waals surface area (Å²) in [5.41, 5.74) is 3.99. The lowest BCUT2D eigenvalue weighted by Crippen LogP contribution is -2.32. The van der Waals surface area contributed by atoms with E-state index in [1.165, 1.54) is 5.56 Å². The number of carboxylic acids is 1. The first-order valence-corrected chi connectivity index (χ1v) is 13.8. The minimum atomic E-state index is -0.938. The molecule has 2 saturated heterocycles. The Balaban J connectivity index is 1.15. The van der Waals surface area contributed by atoms with Gasteiger partial charge in [-0.3, -0.25) is 9.88 Å². The summed E-state index contributed by atoms with van der Waals surface area (Å²) in [7, 11) is 0. The van der Waals surface area contributed by atoms with Crippen LogP contribution in [-0.2, 0) is 24.4 Å². The average molecular weight is 567 g/mol. The smallest absolute Gasteiger partial charge is 0.335 e. The quantitative estimate of drug-likeness (QED) is 0.274. The number of ether oxygens (including phenoxy) is 2. The van der Waals surface area contributed by atoms with E-state index in [-0.39, 0.29) is 11.7 Å². The number of halogens is 2. The maximum Gasteiger partial charge on any atom is 0.335 e. The highest BCUT2D eigenvalue weighted by atomic mass is 35.5. The van der Waals surface area contributed by atoms with E-state index in [1.807, 2.05) is 6.20 Å². The van der Waals surface area contributed by atoms with Crippen LogP contribution < -0.4 is 4.74 Å². The average Bonchev–Trinajstić information content (AvgIpc) is 3.50. The van der Waals surface area contributed by atoms with Gasteiger partial charge in [0.15, 0.2) is 0 Å². The van der Waals surface area contributed by atoms with Crippen LogP contribution in [0.4, 0.5) is 0 Å². The van der Waals surface area contributed by atoms with Gasteiger partial charge in [-0.25, -0.2) is 9.78 Å². The molecule has 6 rings (SSSR count). The van der Waals surface area contributed by atoms with Gasteiger partial charge in [-0.1, -0.05) is 23.2 Å². The molecule has 1 unspecified atom stereocenters. The van der Waals surface area contributed by atoms with E-state index in [4.69, 9.17) is 37.7 Å². The molecule has 2 aliphatic rings. The van der Waals surface area contributed by atoms with Crippen LogP contribution in [0.15, 0.2) is 54.7 Å². The zero-order valence-corrected chi connectivity index (χ0v) is 22.7. The molecule has 0 bridgehead atoms. The van der Waals surface area contributed by atoms with Gasteiger partial charge in [0, 0.05) is 24.4 Å². The van der Waals surface area contributed by atoms with E-state index in [0.717, 1.165) is 55.1 Å². The van der Waals surface area contributed by atoms with Crippen molar-refractivity contribution < 1.29 is 19.4 Å². The van der Waals surface area contributed by atoms with E-state index in [0.29, 0.717) is 41.4 Å². The largest absolute Gasteiger partial charge is 0.486 e. The van der Waals surface area contributed by atoms with Gasteiger partial charge in [0.2, 0.25) is 0 Å². The van der Waals surface area contributed by atoms with Crippen molar-refractivity contribution in [3.05, 3.63) is 87.4 Å². The summed E-state index contributed by atoms with van der Waals surface area (Å²) < 4.78 is 13.7. The predicted molar refractivity (Wildman–Crippen MR) is 149 cm³/mol. The molecule has 2 fully saturated rings. The van der Waals surface area contributed by atoms with Crippen molar-refractivity contribution in [3.8, 4) is 5.75 Å². The number of benzene rings is 2. The van der Waals surface area contributed by atoms with Gasteiger partial charge in [-0.05, 0) is 79.4 Å². The van der Waals surface area contributed by atoms with Crippen LogP contribution >= 0.6 is 23.2 Å². The molecule has 0 radical (unpaired) electrons. The minimum absolute atomic E-state index is 0.140. The molecule has 0 aliphatic carbocycles. The molecule has 8 nitrogen and oxygen atoms in total. The molecule has 1 N–H and O–H groups in total. The summed E-state index contributed by atoms with van der Waals surface area (Å²) in [4.78, 5) is 23.4. The molecule has 2 aromatic heterocycles. The summed E-state index contributed by atoms with van der Waals surface area (Å²) in [6.45, 7) is 4.30. The fourth-order valence-corrected chi connectivity index (χ4v) is 5.75. The number of pyridine rings is 1. The van der Waals surface area contributed by atoms with E-state index >= 15 is 0 Å². The lowest BCUT2D eigenvalue weighted by Gasteiger charge is -2.28. The zero-order valence-electron chi connectivity index (χ0n) is 21.2. The first-order chi connectivity index (χ1) is 18.9. The van der Waals surface area contributed by atoms with Crippen LogP contribution in [0.1, 0.15) is 46.2 Å². The maximum absolute atomic E-state index is 11.6. The molecule has 2 aromatic carbocycles. The molecule has 4 heterocycles. The normalized spacial score (nSPS) is 19.3. The lowest BCUT2D eigenvalue weighted by atomic mass is 9.99. The number of hydrogen-bond acceptors (Lipinski definition) is 6. The highest BCUT2D eigenvalue weighted by Gasteiger charge is 2.27. The SMILES string of the molecule is O=C(O)c1ccc2nc(CN3CCC(c4ccnc(COc5ccc(Cl)cc5Cl)c4)C3)n(C[C@@H]3CCO3)c2c1. The Hall–Kier alpha value is -3.17. The first-order valence-electron chi connectivity index (χ1n) is 13.0. The summed E-state index contributed by atoms with van der Waals surface area (Å²) in [6, 6.07) is 14.5. The van der Waals surface area contributed by atoms with Crippen LogP contribution in [0.2, 0.25) is 10.0 Å². The van der Waals surface area contributed by atoms with Crippen molar-refractivity contribution in [2.75, 3.05) is 19.7 Å². The molecule has 10 heteroatoms. The first kappa shape index (κ1) is 26.1. The molecule has 2 atom stereocenters. The van der Waals surface area contributed by atoms with Gasteiger partial charge in [-0.15, -0.1) is 0 Å². The second-order valence-corrected chi connectivity index (χ2v) is 10.9. The number of aromatic carboxylic acids is 1. The third kappa shape index (κ3) is 5.75. The Morgan fingerprint density at radius 3 is 2.77 bits per heavy atom. The van der Waals surface area contributed by atoms with Gasteiger partial charge >= 0.3 is 5.97 Å². The molecule has 0 spiro atoms. The van der Waals surface area contributed by atoms with Crippen LogP contribution in [-0.4, -0.2) is 56.3 Å². The molecule has 4 aromatic rings. The molecule has 0 amide bonds. The molecular weight excluding hydrogens is 539 g/mol. The number of rotatable bonds is 9. The summed E-state index contributed by atoms with van der Waals surface area (Å²) in [5, 5.41) is 10.5. The number of imidazole rings is 1. The van der Waals surface area contributed by atoms with Crippen molar-refractivity contribution >= 4 is 40.2 Å². The lowest BCUT2D eigenvalue weighted by molar-refractivity contribution is -0.0591. The highest BCUT2D eigenvalue weighted by Crippen LogP contribution is 2.31. The Morgan fingerprint density at radius 2 is 2.00 bits per heavy atom. The topological polar surface area (TPSA) is 89.7 Å². The molecule has 2 aliphatic heterocycles. The van der Waals surface area contributed by atoms with Crippen molar-refractivity contribution in [2.24, 2.45) is 0 Å². The van der Waals surface area contributed by atoms with Gasteiger partial charge in [0.05, 0.1) is 46.5 Å². The number of nitrogens with zero attached hydrogens (tertiary/aromatic N) is 4. The number of fused-ring (bicyclic) bond motifs is 1. The fourth-order valence-electron chi connectivity index (χ4n) is 5.28. The second kappa shape index (κ2) is 11.1. The van der Waals surface area contributed by atoms with Crippen LogP contribution in [0, 0.1) is 0 Å². The third-order valence-electron chi connectivity index (χ3n) is 7.47. The number of hydrogen-bond donors (Lipinski definition) is 1. The van der Waals surface area contributed by atoms with Crippen molar-refractivity contribution in [1.29, 1.82) is 0 Å². The van der Waals surface area contributed by atoms with Gasteiger partial charge < -0.3 is 19.1 Å². The van der Waals surface area contributed by atoms with E-state index in [2.05, 4.69) is 26.6 Å². The second-order valence-electron chi connectivity index (χ2n) is 10.1. The van der Waals surface area contributed by atoms with Gasteiger partial charge in [0.1, 0.15) is 18.2 Å². The number of carboxylic acid groups (broad SMARTS) is 1. The maximum atomic E-state index is 11.6.